The topological polar surface area (TPSA) is 78.9 Å². The van der Waals surface area contributed by atoms with Crippen molar-refractivity contribution in [2.45, 2.75) is 271 Å². The average Bonchev–Trinajstić information content (AvgIpc) is 3.30. The lowest BCUT2D eigenvalue weighted by molar-refractivity contribution is -0.167. The predicted molar refractivity (Wildman–Crippen MR) is 279 cm³/mol. The number of allylic oxidation sites excluding steroid dienone is 12. The molecule has 0 rings (SSSR count). The maximum absolute atomic E-state index is 12.8. The molecule has 65 heavy (non-hydrogen) atoms. The third-order valence-electron chi connectivity index (χ3n) is 11.7. The Hall–Kier alpha value is -3.15. The van der Waals surface area contributed by atoms with Gasteiger partial charge in [0, 0.05) is 19.3 Å². The van der Waals surface area contributed by atoms with Gasteiger partial charge in [-0.05, 0) is 89.9 Å². The summed E-state index contributed by atoms with van der Waals surface area (Å²) < 4.78 is 16.8. The molecule has 0 bridgehead atoms. The van der Waals surface area contributed by atoms with Crippen LogP contribution in [0.25, 0.3) is 0 Å². The molecule has 374 valence electrons. The molecule has 0 N–H and O–H groups in total. The molecule has 6 heteroatoms. The summed E-state index contributed by atoms with van der Waals surface area (Å²) in [5, 5.41) is 0. The van der Waals surface area contributed by atoms with Crippen molar-refractivity contribution in [3.63, 3.8) is 0 Å². The summed E-state index contributed by atoms with van der Waals surface area (Å²) in [5.41, 5.74) is 0. The Bertz CT molecular complexity index is 1230. The summed E-state index contributed by atoms with van der Waals surface area (Å²) in [7, 11) is 0. The van der Waals surface area contributed by atoms with Crippen LogP contribution in [0.3, 0.4) is 0 Å². The normalized spacial score (nSPS) is 12.6. The van der Waals surface area contributed by atoms with Crippen LogP contribution in [0.4, 0.5) is 0 Å². The molecule has 0 aromatic heterocycles. The second kappa shape index (κ2) is 53.5. The lowest BCUT2D eigenvalue weighted by Gasteiger charge is -2.18. The highest BCUT2D eigenvalue weighted by Gasteiger charge is 2.19. The molecule has 0 aliphatic rings. The Balaban J connectivity index is 4.41. The van der Waals surface area contributed by atoms with Crippen molar-refractivity contribution >= 4 is 17.9 Å². The fourth-order valence-electron chi connectivity index (χ4n) is 7.58. The first-order chi connectivity index (χ1) is 32.0. The van der Waals surface area contributed by atoms with Gasteiger partial charge in [0.15, 0.2) is 6.10 Å². The Morgan fingerprint density at radius 1 is 0.323 bits per heavy atom. The predicted octanol–water partition coefficient (Wildman–Crippen LogP) is 18.2. The van der Waals surface area contributed by atoms with Crippen molar-refractivity contribution in [3.8, 4) is 0 Å². The third-order valence-corrected chi connectivity index (χ3v) is 11.7. The van der Waals surface area contributed by atoms with E-state index in [1.165, 1.54) is 135 Å². The van der Waals surface area contributed by atoms with Gasteiger partial charge in [-0.25, -0.2) is 0 Å². The average molecular weight is 907 g/mol. The van der Waals surface area contributed by atoms with Gasteiger partial charge in [-0.1, -0.05) is 229 Å². The maximum Gasteiger partial charge on any atom is 0.306 e. The molecular weight excluding hydrogens is 805 g/mol. The van der Waals surface area contributed by atoms with E-state index in [0.717, 1.165) is 83.5 Å². The minimum Gasteiger partial charge on any atom is -0.462 e. The number of rotatable bonds is 49. The van der Waals surface area contributed by atoms with Gasteiger partial charge in [0.1, 0.15) is 13.2 Å². The number of carbonyl (C=O) groups is 3. The molecule has 0 aromatic rings. The van der Waals surface area contributed by atoms with E-state index in [1.54, 1.807) is 0 Å². The standard InChI is InChI=1S/C59H102O6/c1-4-7-10-13-16-19-22-25-27-28-29-30-32-34-37-40-43-46-49-52-58(61)64-55-56(54-63-57(60)51-48-45-42-39-36-33-24-21-18-15-12-9-6-3)65-59(62)53-50-47-44-41-38-35-31-26-23-20-17-14-11-8-5-2/h8,11,16-17,19-20,25-27,31,38,41,56H,4-7,9-10,12-15,18,21-24,28-30,32-37,39-40,42-55H2,1-3H3/b11-8-,19-16-,20-17-,27-25-,31-26-,41-38-. The van der Waals surface area contributed by atoms with Crippen molar-refractivity contribution in [3.05, 3.63) is 72.9 Å². The lowest BCUT2D eigenvalue weighted by Crippen LogP contribution is -2.30. The zero-order valence-electron chi connectivity index (χ0n) is 42.7. The first-order valence-electron chi connectivity index (χ1n) is 27.4. The van der Waals surface area contributed by atoms with Gasteiger partial charge < -0.3 is 14.2 Å². The third kappa shape index (κ3) is 51.7. The second-order valence-electron chi connectivity index (χ2n) is 18.1. The molecular formula is C59H102O6. The van der Waals surface area contributed by atoms with Crippen LogP contribution in [-0.2, 0) is 28.6 Å². The summed E-state index contributed by atoms with van der Waals surface area (Å²) in [5.74, 6) is -0.932. The largest absolute Gasteiger partial charge is 0.462 e. The molecule has 0 fully saturated rings. The van der Waals surface area contributed by atoms with Crippen LogP contribution in [-0.4, -0.2) is 37.2 Å². The van der Waals surface area contributed by atoms with Gasteiger partial charge in [-0.3, -0.25) is 14.4 Å². The molecule has 0 aromatic carbocycles. The van der Waals surface area contributed by atoms with Crippen LogP contribution in [0.5, 0.6) is 0 Å². The molecule has 0 aliphatic carbocycles. The number of hydrogen-bond acceptors (Lipinski definition) is 6. The molecule has 0 saturated carbocycles. The van der Waals surface area contributed by atoms with Crippen LogP contribution in [0, 0.1) is 0 Å². The number of hydrogen-bond donors (Lipinski definition) is 0. The van der Waals surface area contributed by atoms with Gasteiger partial charge in [-0.15, -0.1) is 0 Å². The summed E-state index contributed by atoms with van der Waals surface area (Å²) in [6.45, 7) is 6.47. The first-order valence-corrected chi connectivity index (χ1v) is 27.4. The van der Waals surface area contributed by atoms with Crippen molar-refractivity contribution in [2.24, 2.45) is 0 Å². The number of unbranched alkanes of at least 4 members (excludes halogenated alkanes) is 26. The summed E-state index contributed by atoms with van der Waals surface area (Å²) in [4.78, 5) is 38.0. The molecule has 1 unspecified atom stereocenters. The zero-order chi connectivity index (χ0) is 47.2. The van der Waals surface area contributed by atoms with Crippen LogP contribution in [0.1, 0.15) is 265 Å². The van der Waals surface area contributed by atoms with Crippen LogP contribution >= 0.6 is 0 Å². The Kier molecular flexibility index (Phi) is 50.9. The number of carbonyl (C=O) groups excluding carboxylic acids is 3. The smallest absolute Gasteiger partial charge is 0.306 e. The molecule has 0 aliphatic heterocycles. The van der Waals surface area contributed by atoms with Gasteiger partial charge in [0.05, 0.1) is 0 Å². The van der Waals surface area contributed by atoms with Crippen molar-refractivity contribution in [1.82, 2.24) is 0 Å². The van der Waals surface area contributed by atoms with Crippen LogP contribution in [0.15, 0.2) is 72.9 Å². The monoisotopic (exact) mass is 907 g/mol. The Morgan fingerprint density at radius 3 is 1.00 bits per heavy atom. The highest BCUT2D eigenvalue weighted by atomic mass is 16.6. The molecule has 0 amide bonds. The molecule has 1 atom stereocenters. The van der Waals surface area contributed by atoms with E-state index in [2.05, 4.69) is 93.7 Å². The van der Waals surface area contributed by atoms with E-state index in [0.29, 0.717) is 19.3 Å². The van der Waals surface area contributed by atoms with Crippen molar-refractivity contribution in [2.75, 3.05) is 13.2 Å². The molecule has 0 saturated heterocycles. The van der Waals surface area contributed by atoms with Gasteiger partial charge in [0.2, 0.25) is 0 Å². The van der Waals surface area contributed by atoms with E-state index in [-0.39, 0.29) is 37.5 Å². The van der Waals surface area contributed by atoms with E-state index in [4.69, 9.17) is 14.2 Å². The van der Waals surface area contributed by atoms with Crippen LogP contribution in [0.2, 0.25) is 0 Å². The minimum absolute atomic E-state index is 0.0915. The lowest BCUT2D eigenvalue weighted by atomic mass is 10.0. The first kappa shape index (κ1) is 61.9. The van der Waals surface area contributed by atoms with E-state index < -0.39 is 6.10 Å². The van der Waals surface area contributed by atoms with E-state index in [9.17, 15) is 14.4 Å². The van der Waals surface area contributed by atoms with Crippen molar-refractivity contribution in [1.29, 1.82) is 0 Å². The molecule has 0 spiro atoms. The second-order valence-corrected chi connectivity index (χ2v) is 18.1. The summed E-state index contributed by atoms with van der Waals surface area (Å²) in [6.07, 6.45) is 67.4. The quantitative estimate of drug-likeness (QED) is 0.0262. The summed E-state index contributed by atoms with van der Waals surface area (Å²) in [6, 6.07) is 0. The van der Waals surface area contributed by atoms with E-state index in [1.807, 2.05) is 0 Å². The van der Waals surface area contributed by atoms with Gasteiger partial charge in [-0.2, -0.15) is 0 Å². The molecule has 0 radical (unpaired) electrons. The number of ether oxygens (including phenoxy) is 3. The van der Waals surface area contributed by atoms with Gasteiger partial charge in [0.25, 0.3) is 0 Å². The highest BCUT2D eigenvalue weighted by molar-refractivity contribution is 5.71. The molecule has 0 heterocycles. The zero-order valence-corrected chi connectivity index (χ0v) is 42.7. The Morgan fingerprint density at radius 2 is 0.600 bits per heavy atom. The Labute approximate surface area is 402 Å². The fraction of sp³-hybridized carbons (Fsp3) is 0.746. The molecule has 6 nitrogen and oxygen atoms in total. The van der Waals surface area contributed by atoms with Crippen molar-refractivity contribution < 1.29 is 28.6 Å². The summed E-state index contributed by atoms with van der Waals surface area (Å²) >= 11 is 0. The maximum atomic E-state index is 12.8. The minimum atomic E-state index is -0.797. The number of esters is 3. The SMILES string of the molecule is CC/C=C\C/C=C\C/C=C\C/C=C\CCCCC(=O)OC(COC(=O)CCCCCCCCCCC/C=C\C/C=C\CCCCC)COC(=O)CCCCCCCCCCCCCCC. The van der Waals surface area contributed by atoms with Gasteiger partial charge >= 0.3 is 17.9 Å². The fourth-order valence-corrected chi connectivity index (χ4v) is 7.58. The van der Waals surface area contributed by atoms with Crippen LogP contribution < -0.4 is 0 Å². The highest BCUT2D eigenvalue weighted by Crippen LogP contribution is 2.15. The van der Waals surface area contributed by atoms with E-state index >= 15 is 0 Å².